The van der Waals surface area contributed by atoms with Gasteiger partial charge in [0.1, 0.15) is 0 Å². The number of hydrogen-bond donors (Lipinski definition) is 0. The maximum absolute atomic E-state index is 12.5. The van der Waals surface area contributed by atoms with E-state index in [1.165, 1.54) is 11.1 Å². The molecule has 1 fully saturated rings. The van der Waals surface area contributed by atoms with Crippen molar-refractivity contribution in [2.24, 2.45) is 0 Å². The number of aromatic nitrogens is 1. The van der Waals surface area contributed by atoms with E-state index in [0.717, 1.165) is 51.1 Å². The number of carbonyl (C=O) groups is 1. The van der Waals surface area contributed by atoms with Crippen molar-refractivity contribution in [3.05, 3.63) is 59.4 Å². The van der Waals surface area contributed by atoms with Crippen molar-refractivity contribution >= 4 is 11.6 Å². The molecule has 1 amide bonds. The van der Waals surface area contributed by atoms with Crippen LogP contribution in [0.3, 0.4) is 0 Å². The zero-order chi connectivity index (χ0) is 15.6. The van der Waals surface area contributed by atoms with Crippen LogP contribution in [-0.2, 0) is 13.0 Å². The molecule has 4 nitrogen and oxygen atoms in total. The standard InChI is InChI=1S/C19H21N3O/c23-19(21-8-3-4-9-21)17-11-18(13-20-12-17)22-10-7-15-5-1-2-6-16(15)14-22/h1-2,5-6,11-13H,3-4,7-10,14H2. The maximum Gasteiger partial charge on any atom is 0.255 e. The molecule has 0 saturated carbocycles. The van der Waals surface area contributed by atoms with Crippen LogP contribution in [0.5, 0.6) is 0 Å². The average molecular weight is 307 g/mol. The van der Waals surface area contributed by atoms with Crippen LogP contribution in [-0.4, -0.2) is 35.4 Å². The molecule has 0 spiro atoms. The number of nitrogens with zero attached hydrogens (tertiary/aromatic N) is 3. The highest BCUT2D eigenvalue weighted by Gasteiger charge is 2.21. The van der Waals surface area contributed by atoms with E-state index in [9.17, 15) is 4.79 Å². The molecule has 4 rings (SSSR count). The Morgan fingerprint density at radius 3 is 2.61 bits per heavy atom. The van der Waals surface area contributed by atoms with Crippen molar-refractivity contribution < 1.29 is 4.79 Å². The van der Waals surface area contributed by atoms with Crippen LogP contribution in [0.2, 0.25) is 0 Å². The van der Waals surface area contributed by atoms with Gasteiger partial charge in [0.2, 0.25) is 0 Å². The molecule has 0 aliphatic carbocycles. The minimum absolute atomic E-state index is 0.120. The summed E-state index contributed by atoms with van der Waals surface area (Å²) >= 11 is 0. The van der Waals surface area contributed by atoms with E-state index in [-0.39, 0.29) is 5.91 Å². The number of anilines is 1. The van der Waals surface area contributed by atoms with E-state index < -0.39 is 0 Å². The Kier molecular flexibility index (Phi) is 3.74. The van der Waals surface area contributed by atoms with Gasteiger partial charge in [-0.15, -0.1) is 0 Å². The average Bonchev–Trinajstić information content (AvgIpc) is 3.15. The number of rotatable bonds is 2. The lowest BCUT2D eigenvalue weighted by Gasteiger charge is -2.30. The van der Waals surface area contributed by atoms with Gasteiger partial charge in [0.25, 0.3) is 5.91 Å². The second kappa shape index (κ2) is 6.03. The van der Waals surface area contributed by atoms with Gasteiger partial charge in [-0.25, -0.2) is 0 Å². The number of likely N-dealkylation sites (tertiary alicyclic amines) is 1. The first-order chi connectivity index (χ1) is 11.3. The fourth-order valence-corrected chi connectivity index (χ4v) is 3.54. The lowest BCUT2D eigenvalue weighted by molar-refractivity contribution is 0.0792. The Morgan fingerprint density at radius 2 is 1.78 bits per heavy atom. The molecule has 0 unspecified atom stereocenters. The number of amides is 1. The Balaban J connectivity index is 1.56. The Bertz CT molecular complexity index is 722. The smallest absolute Gasteiger partial charge is 0.255 e. The lowest BCUT2D eigenvalue weighted by atomic mass is 9.99. The summed E-state index contributed by atoms with van der Waals surface area (Å²) in [5, 5.41) is 0. The first kappa shape index (κ1) is 14.2. The summed E-state index contributed by atoms with van der Waals surface area (Å²) in [6.45, 7) is 3.61. The summed E-state index contributed by atoms with van der Waals surface area (Å²) in [6.07, 6.45) is 6.83. The number of pyridine rings is 1. The summed E-state index contributed by atoms with van der Waals surface area (Å²) in [4.78, 5) is 21.1. The van der Waals surface area contributed by atoms with Gasteiger partial charge in [0.15, 0.2) is 0 Å². The van der Waals surface area contributed by atoms with Crippen LogP contribution < -0.4 is 4.90 Å². The molecular weight excluding hydrogens is 286 g/mol. The van der Waals surface area contributed by atoms with Crippen molar-refractivity contribution in [1.82, 2.24) is 9.88 Å². The highest BCUT2D eigenvalue weighted by Crippen LogP contribution is 2.25. The van der Waals surface area contributed by atoms with E-state index in [4.69, 9.17) is 0 Å². The Hall–Kier alpha value is -2.36. The van der Waals surface area contributed by atoms with Crippen LogP contribution in [0, 0.1) is 0 Å². The molecule has 2 aromatic rings. The van der Waals surface area contributed by atoms with Gasteiger partial charge in [-0.05, 0) is 36.5 Å². The third kappa shape index (κ3) is 2.81. The molecule has 118 valence electrons. The van der Waals surface area contributed by atoms with Crippen molar-refractivity contribution in [2.45, 2.75) is 25.8 Å². The molecule has 0 atom stereocenters. The molecule has 1 saturated heterocycles. The summed E-state index contributed by atoms with van der Waals surface area (Å²) < 4.78 is 0. The van der Waals surface area contributed by atoms with Crippen molar-refractivity contribution in [3.63, 3.8) is 0 Å². The zero-order valence-electron chi connectivity index (χ0n) is 13.2. The van der Waals surface area contributed by atoms with E-state index in [2.05, 4.69) is 34.1 Å². The third-order valence-corrected chi connectivity index (χ3v) is 4.86. The monoisotopic (exact) mass is 307 g/mol. The number of hydrogen-bond acceptors (Lipinski definition) is 3. The molecule has 0 radical (unpaired) electrons. The highest BCUT2D eigenvalue weighted by atomic mass is 16.2. The van der Waals surface area contributed by atoms with E-state index in [1.807, 2.05) is 17.2 Å². The van der Waals surface area contributed by atoms with Crippen LogP contribution in [0.1, 0.15) is 34.3 Å². The molecule has 3 heterocycles. The number of fused-ring (bicyclic) bond motifs is 1. The van der Waals surface area contributed by atoms with Crippen LogP contribution >= 0.6 is 0 Å². The predicted octanol–water partition coefficient (Wildman–Crippen LogP) is 2.88. The van der Waals surface area contributed by atoms with Gasteiger partial charge in [-0.2, -0.15) is 0 Å². The highest BCUT2D eigenvalue weighted by molar-refractivity contribution is 5.95. The Morgan fingerprint density at radius 1 is 1.00 bits per heavy atom. The molecule has 0 bridgehead atoms. The fourth-order valence-electron chi connectivity index (χ4n) is 3.54. The molecule has 2 aliphatic rings. The molecule has 23 heavy (non-hydrogen) atoms. The minimum atomic E-state index is 0.120. The summed E-state index contributed by atoms with van der Waals surface area (Å²) in [6, 6.07) is 10.6. The second-order valence-electron chi connectivity index (χ2n) is 6.37. The zero-order valence-corrected chi connectivity index (χ0v) is 13.2. The fraction of sp³-hybridized carbons (Fsp3) is 0.368. The minimum Gasteiger partial charge on any atom is -0.366 e. The molecule has 4 heteroatoms. The van der Waals surface area contributed by atoms with Crippen LogP contribution in [0.25, 0.3) is 0 Å². The van der Waals surface area contributed by atoms with E-state index in [1.54, 1.807) is 6.20 Å². The molecule has 1 aromatic heterocycles. The maximum atomic E-state index is 12.5. The topological polar surface area (TPSA) is 36.4 Å². The van der Waals surface area contributed by atoms with Gasteiger partial charge in [-0.1, -0.05) is 24.3 Å². The van der Waals surface area contributed by atoms with Gasteiger partial charge in [0, 0.05) is 32.4 Å². The summed E-state index contributed by atoms with van der Waals surface area (Å²) in [5.41, 5.74) is 4.56. The predicted molar refractivity (Wildman–Crippen MR) is 90.6 cm³/mol. The van der Waals surface area contributed by atoms with Crippen molar-refractivity contribution in [2.75, 3.05) is 24.5 Å². The summed E-state index contributed by atoms with van der Waals surface area (Å²) in [7, 11) is 0. The van der Waals surface area contributed by atoms with Crippen molar-refractivity contribution in [3.8, 4) is 0 Å². The lowest BCUT2D eigenvalue weighted by Crippen LogP contribution is -2.31. The molecule has 1 aromatic carbocycles. The molecule has 0 N–H and O–H groups in total. The van der Waals surface area contributed by atoms with Gasteiger partial charge < -0.3 is 9.80 Å². The van der Waals surface area contributed by atoms with Crippen LogP contribution in [0.15, 0.2) is 42.7 Å². The first-order valence-electron chi connectivity index (χ1n) is 8.37. The SMILES string of the molecule is O=C(c1cncc(N2CCc3ccccc3C2)c1)N1CCCC1. The number of carbonyl (C=O) groups excluding carboxylic acids is 1. The molecule has 2 aliphatic heterocycles. The summed E-state index contributed by atoms with van der Waals surface area (Å²) in [5.74, 6) is 0.120. The number of benzene rings is 1. The van der Waals surface area contributed by atoms with Crippen molar-refractivity contribution in [1.29, 1.82) is 0 Å². The third-order valence-electron chi connectivity index (χ3n) is 4.86. The van der Waals surface area contributed by atoms with Gasteiger partial charge in [0.05, 0.1) is 17.4 Å². The Labute approximate surface area is 136 Å². The van der Waals surface area contributed by atoms with E-state index in [0.29, 0.717) is 5.56 Å². The normalized spacial score (nSPS) is 17.2. The molecular formula is C19H21N3O. The largest absolute Gasteiger partial charge is 0.366 e. The quantitative estimate of drug-likeness (QED) is 0.856. The van der Waals surface area contributed by atoms with Gasteiger partial charge >= 0.3 is 0 Å². The van der Waals surface area contributed by atoms with Crippen LogP contribution in [0.4, 0.5) is 5.69 Å². The van der Waals surface area contributed by atoms with E-state index >= 15 is 0 Å². The first-order valence-corrected chi connectivity index (χ1v) is 8.37. The second-order valence-corrected chi connectivity index (χ2v) is 6.37. The van der Waals surface area contributed by atoms with Gasteiger partial charge in [-0.3, -0.25) is 9.78 Å².